The Kier molecular flexibility index (Phi) is 6.56. The van der Waals surface area contributed by atoms with Gasteiger partial charge in [0.25, 0.3) is 5.91 Å². The Labute approximate surface area is 133 Å². The number of rotatable bonds is 7. The predicted octanol–water partition coefficient (Wildman–Crippen LogP) is 2.49. The molecule has 0 spiro atoms. The number of sulfonamides is 1. The van der Waals surface area contributed by atoms with Crippen molar-refractivity contribution >= 4 is 15.9 Å². The van der Waals surface area contributed by atoms with Crippen molar-refractivity contribution in [2.45, 2.75) is 45.6 Å². The molecule has 1 N–H and O–H groups in total. The van der Waals surface area contributed by atoms with Gasteiger partial charge in [-0.1, -0.05) is 27.7 Å². The maximum atomic E-state index is 12.4. The smallest absolute Gasteiger partial charge is 0.251 e. The topological polar surface area (TPSA) is 66.5 Å². The highest BCUT2D eigenvalue weighted by Crippen LogP contribution is 2.16. The molecule has 0 radical (unpaired) electrons. The molecule has 0 aliphatic rings. The van der Waals surface area contributed by atoms with Crippen LogP contribution in [0.5, 0.6) is 0 Å². The molecule has 0 aromatic heterocycles. The zero-order chi connectivity index (χ0) is 16.9. The van der Waals surface area contributed by atoms with E-state index in [1.54, 1.807) is 26.0 Å². The average molecular weight is 326 g/mol. The molecule has 1 rings (SSSR count). The van der Waals surface area contributed by atoms with Gasteiger partial charge in [0.2, 0.25) is 10.0 Å². The minimum atomic E-state index is -3.48. The fourth-order valence-electron chi connectivity index (χ4n) is 1.95. The van der Waals surface area contributed by atoms with Gasteiger partial charge < -0.3 is 5.32 Å². The highest BCUT2D eigenvalue weighted by Gasteiger charge is 2.21. The summed E-state index contributed by atoms with van der Waals surface area (Å²) in [6.45, 7) is 10.5. The van der Waals surface area contributed by atoms with E-state index in [0.29, 0.717) is 24.6 Å². The van der Waals surface area contributed by atoms with Crippen molar-refractivity contribution in [2.24, 2.45) is 5.92 Å². The van der Waals surface area contributed by atoms with E-state index in [1.807, 2.05) is 20.8 Å². The Balaban J connectivity index is 2.94. The molecule has 0 heterocycles. The van der Waals surface area contributed by atoms with Crippen LogP contribution in [-0.4, -0.2) is 37.8 Å². The third-order valence-corrected chi connectivity index (χ3v) is 5.88. The lowest BCUT2D eigenvalue weighted by Crippen LogP contribution is -2.36. The third-order valence-electron chi connectivity index (χ3n) is 3.82. The number of nitrogens with zero attached hydrogens (tertiary/aromatic N) is 1. The molecular formula is C16H26N2O3S. The normalized spacial score (nSPS) is 13.4. The summed E-state index contributed by atoms with van der Waals surface area (Å²) in [5.41, 5.74) is 0.464. The molecule has 22 heavy (non-hydrogen) atoms. The number of benzene rings is 1. The van der Waals surface area contributed by atoms with Crippen molar-refractivity contribution < 1.29 is 13.2 Å². The molecule has 124 valence electrons. The average Bonchev–Trinajstić information content (AvgIpc) is 2.48. The fourth-order valence-corrected chi connectivity index (χ4v) is 3.41. The van der Waals surface area contributed by atoms with Gasteiger partial charge in [0, 0.05) is 24.7 Å². The van der Waals surface area contributed by atoms with Gasteiger partial charge in [-0.25, -0.2) is 8.42 Å². The SMILES string of the molecule is CCN(CC)S(=O)(=O)c1ccc(C(=O)NC(C)C(C)C)cc1. The zero-order valence-corrected chi connectivity index (χ0v) is 14.8. The van der Waals surface area contributed by atoms with E-state index >= 15 is 0 Å². The van der Waals surface area contributed by atoms with Gasteiger partial charge in [-0.3, -0.25) is 4.79 Å². The van der Waals surface area contributed by atoms with E-state index in [9.17, 15) is 13.2 Å². The summed E-state index contributed by atoms with van der Waals surface area (Å²) >= 11 is 0. The first-order valence-electron chi connectivity index (χ1n) is 7.65. The number of amides is 1. The van der Waals surface area contributed by atoms with E-state index < -0.39 is 10.0 Å². The standard InChI is InChI=1S/C16H26N2O3S/c1-6-18(7-2)22(20,21)15-10-8-14(9-11-15)16(19)17-13(5)12(3)4/h8-13H,6-7H2,1-5H3,(H,17,19). The maximum absolute atomic E-state index is 12.4. The molecule has 5 nitrogen and oxygen atoms in total. The molecule has 0 fully saturated rings. The molecule has 1 atom stereocenters. The molecule has 0 aliphatic heterocycles. The molecule has 0 aliphatic carbocycles. The van der Waals surface area contributed by atoms with Crippen molar-refractivity contribution in [3.05, 3.63) is 29.8 Å². The minimum Gasteiger partial charge on any atom is -0.349 e. The number of carbonyl (C=O) groups is 1. The summed E-state index contributed by atoms with van der Waals surface area (Å²) in [6.07, 6.45) is 0. The molecular weight excluding hydrogens is 300 g/mol. The summed E-state index contributed by atoms with van der Waals surface area (Å²) in [4.78, 5) is 12.3. The molecule has 0 saturated carbocycles. The van der Waals surface area contributed by atoms with Crippen molar-refractivity contribution in [3.63, 3.8) is 0 Å². The summed E-state index contributed by atoms with van der Waals surface area (Å²) in [7, 11) is -3.48. The van der Waals surface area contributed by atoms with Crippen molar-refractivity contribution in [2.75, 3.05) is 13.1 Å². The Morgan fingerprint density at radius 2 is 1.59 bits per heavy atom. The van der Waals surface area contributed by atoms with Crippen LogP contribution in [0.2, 0.25) is 0 Å². The molecule has 0 saturated heterocycles. The second-order valence-corrected chi connectivity index (χ2v) is 7.56. The molecule has 1 amide bonds. The van der Waals surface area contributed by atoms with Gasteiger partial charge in [-0.2, -0.15) is 4.31 Å². The quantitative estimate of drug-likeness (QED) is 0.837. The van der Waals surface area contributed by atoms with Crippen LogP contribution in [0, 0.1) is 5.92 Å². The van der Waals surface area contributed by atoms with Crippen LogP contribution in [0.3, 0.4) is 0 Å². The maximum Gasteiger partial charge on any atom is 0.251 e. The van der Waals surface area contributed by atoms with Gasteiger partial charge in [-0.05, 0) is 37.1 Å². The third kappa shape index (κ3) is 4.30. The second kappa shape index (κ2) is 7.74. The number of hydrogen-bond donors (Lipinski definition) is 1. The monoisotopic (exact) mass is 326 g/mol. The number of hydrogen-bond acceptors (Lipinski definition) is 3. The van der Waals surface area contributed by atoms with Crippen molar-refractivity contribution in [1.82, 2.24) is 9.62 Å². The summed E-state index contributed by atoms with van der Waals surface area (Å²) < 4.78 is 26.1. The Hall–Kier alpha value is -1.40. The first-order chi connectivity index (χ1) is 10.2. The van der Waals surface area contributed by atoms with E-state index in [2.05, 4.69) is 5.32 Å². The lowest BCUT2D eigenvalue weighted by molar-refractivity contribution is 0.0930. The van der Waals surface area contributed by atoms with E-state index in [0.717, 1.165) is 0 Å². The van der Waals surface area contributed by atoms with Crippen LogP contribution in [0.4, 0.5) is 0 Å². The van der Waals surface area contributed by atoms with Crippen LogP contribution >= 0.6 is 0 Å². The van der Waals surface area contributed by atoms with Crippen molar-refractivity contribution in [1.29, 1.82) is 0 Å². The lowest BCUT2D eigenvalue weighted by atomic mass is 10.1. The predicted molar refractivity (Wildman–Crippen MR) is 88.3 cm³/mol. The van der Waals surface area contributed by atoms with Crippen LogP contribution in [0.1, 0.15) is 45.0 Å². The van der Waals surface area contributed by atoms with Gasteiger partial charge in [0.1, 0.15) is 0 Å². The summed E-state index contributed by atoms with van der Waals surface area (Å²) in [6, 6.07) is 6.15. The zero-order valence-electron chi connectivity index (χ0n) is 14.0. The molecule has 0 bridgehead atoms. The van der Waals surface area contributed by atoms with E-state index in [1.165, 1.54) is 16.4 Å². The number of carbonyl (C=O) groups excluding carboxylic acids is 1. The molecule has 6 heteroatoms. The van der Waals surface area contributed by atoms with Gasteiger partial charge in [0.15, 0.2) is 0 Å². The van der Waals surface area contributed by atoms with Crippen LogP contribution < -0.4 is 5.32 Å². The highest BCUT2D eigenvalue weighted by molar-refractivity contribution is 7.89. The Morgan fingerprint density at radius 1 is 1.09 bits per heavy atom. The first-order valence-corrected chi connectivity index (χ1v) is 9.09. The minimum absolute atomic E-state index is 0.0617. The van der Waals surface area contributed by atoms with Gasteiger partial charge in [0.05, 0.1) is 4.90 Å². The Bertz CT molecular complexity index is 590. The van der Waals surface area contributed by atoms with Crippen molar-refractivity contribution in [3.8, 4) is 0 Å². The van der Waals surface area contributed by atoms with Gasteiger partial charge in [-0.15, -0.1) is 0 Å². The molecule has 1 aromatic carbocycles. The second-order valence-electron chi connectivity index (χ2n) is 5.62. The van der Waals surface area contributed by atoms with E-state index in [-0.39, 0.29) is 16.8 Å². The van der Waals surface area contributed by atoms with Crippen LogP contribution in [-0.2, 0) is 10.0 Å². The fraction of sp³-hybridized carbons (Fsp3) is 0.562. The highest BCUT2D eigenvalue weighted by atomic mass is 32.2. The summed E-state index contributed by atoms with van der Waals surface area (Å²) in [5, 5.41) is 2.90. The van der Waals surface area contributed by atoms with Crippen LogP contribution in [0.25, 0.3) is 0 Å². The number of nitrogens with one attached hydrogen (secondary N) is 1. The summed E-state index contributed by atoms with van der Waals surface area (Å²) in [5.74, 6) is 0.152. The van der Waals surface area contributed by atoms with Gasteiger partial charge >= 0.3 is 0 Å². The first kappa shape index (κ1) is 18.6. The molecule has 1 unspecified atom stereocenters. The van der Waals surface area contributed by atoms with E-state index in [4.69, 9.17) is 0 Å². The largest absolute Gasteiger partial charge is 0.349 e. The lowest BCUT2D eigenvalue weighted by Gasteiger charge is -2.19. The van der Waals surface area contributed by atoms with Crippen LogP contribution in [0.15, 0.2) is 29.2 Å². The molecule has 1 aromatic rings. The Morgan fingerprint density at radius 3 is 2.00 bits per heavy atom.